The number of aryl methyl sites for hydroxylation is 1. The molecule has 0 amide bonds. The van der Waals surface area contributed by atoms with Gasteiger partial charge in [-0.25, -0.2) is 0 Å². The number of benzene rings is 2. The Morgan fingerprint density at radius 2 is 1.90 bits per heavy atom. The molecule has 0 aliphatic rings. The van der Waals surface area contributed by atoms with Crippen molar-refractivity contribution in [1.29, 1.82) is 5.26 Å². The lowest BCUT2D eigenvalue weighted by molar-refractivity contribution is 1.38. The monoisotopic (exact) mass is 259 g/mol. The van der Waals surface area contributed by atoms with Gasteiger partial charge < -0.3 is 5.32 Å². The largest absolute Gasteiger partial charge is 0.353 e. The van der Waals surface area contributed by atoms with E-state index >= 15 is 0 Å². The van der Waals surface area contributed by atoms with E-state index in [0.717, 1.165) is 27.8 Å². The summed E-state index contributed by atoms with van der Waals surface area (Å²) in [5.74, 6) is 0. The Labute approximate surface area is 117 Å². The second-order valence-corrected chi connectivity index (χ2v) is 4.67. The smallest absolute Gasteiger partial charge is 0.101 e. The molecule has 1 heterocycles. The van der Waals surface area contributed by atoms with Gasteiger partial charge in [-0.1, -0.05) is 24.3 Å². The number of nitrogens with zero attached hydrogens (tertiary/aromatic N) is 2. The van der Waals surface area contributed by atoms with E-state index in [1.165, 1.54) is 0 Å². The molecule has 1 aromatic heterocycles. The van der Waals surface area contributed by atoms with E-state index in [0.29, 0.717) is 5.56 Å². The van der Waals surface area contributed by atoms with E-state index in [1.54, 1.807) is 6.20 Å². The Balaban J connectivity index is 2.08. The number of pyridine rings is 1. The third-order valence-corrected chi connectivity index (χ3v) is 3.20. The number of nitrogens with one attached hydrogen (secondary N) is 1. The zero-order chi connectivity index (χ0) is 13.9. The topological polar surface area (TPSA) is 48.7 Å². The summed E-state index contributed by atoms with van der Waals surface area (Å²) in [6.07, 6.45) is 1.77. The fourth-order valence-electron chi connectivity index (χ4n) is 2.21. The second-order valence-electron chi connectivity index (χ2n) is 4.67. The van der Waals surface area contributed by atoms with E-state index in [2.05, 4.69) is 16.4 Å². The van der Waals surface area contributed by atoms with E-state index in [1.807, 2.05) is 55.5 Å². The quantitative estimate of drug-likeness (QED) is 0.751. The minimum Gasteiger partial charge on any atom is -0.353 e. The molecule has 0 fully saturated rings. The van der Waals surface area contributed by atoms with Crippen molar-refractivity contribution >= 4 is 22.3 Å². The molecule has 0 radical (unpaired) electrons. The molecule has 0 bridgehead atoms. The van der Waals surface area contributed by atoms with Crippen LogP contribution in [0.4, 0.5) is 11.4 Å². The van der Waals surface area contributed by atoms with E-state index in [9.17, 15) is 5.26 Å². The average Bonchev–Trinajstić information content (AvgIpc) is 2.49. The summed E-state index contributed by atoms with van der Waals surface area (Å²) < 4.78 is 0. The summed E-state index contributed by atoms with van der Waals surface area (Å²) in [7, 11) is 0. The molecule has 3 rings (SSSR count). The Morgan fingerprint density at radius 3 is 2.75 bits per heavy atom. The number of para-hydroxylation sites is 1. The Bertz CT molecular complexity index is 811. The van der Waals surface area contributed by atoms with Gasteiger partial charge in [0, 0.05) is 11.6 Å². The van der Waals surface area contributed by atoms with Crippen LogP contribution in [0.5, 0.6) is 0 Å². The highest BCUT2D eigenvalue weighted by molar-refractivity contribution is 5.92. The fourth-order valence-corrected chi connectivity index (χ4v) is 2.21. The van der Waals surface area contributed by atoms with Crippen molar-refractivity contribution in [3.05, 3.63) is 65.9 Å². The highest BCUT2D eigenvalue weighted by atomic mass is 14.9. The summed E-state index contributed by atoms with van der Waals surface area (Å²) in [5, 5.41) is 13.6. The predicted molar refractivity (Wildman–Crippen MR) is 80.9 cm³/mol. The van der Waals surface area contributed by atoms with Gasteiger partial charge >= 0.3 is 0 Å². The predicted octanol–water partition coefficient (Wildman–Crippen LogP) is 4.16. The van der Waals surface area contributed by atoms with Crippen LogP contribution in [0, 0.1) is 18.3 Å². The number of fused-ring (bicyclic) bond motifs is 1. The Kier molecular flexibility index (Phi) is 3.06. The number of anilines is 2. The molecule has 0 saturated carbocycles. The standard InChI is InChI=1S/C17H13N3/c1-12-7-8-15(14(10-12)11-18)20-16-6-2-4-13-5-3-9-19-17(13)16/h2-10,20H,1H3. The van der Waals surface area contributed by atoms with Crippen molar-refractivity contribution in [2.75, 3.05) is 5.32 Å². The maximum Gasteiger partial charge on any atom is 0.101 e. The van der Waals surface area contributed by atoms with Gasteiger partial charge in [-0.2, -0.15) is 5.26 Å². The summed E-state index contributed by atoms with van der Waals surface area (Å²) in [6.45, 7) is 1.98. The second kappa shape index (κ2) is 5.02. The molecule has 2 aromatic carbocycles. The number of rotatable bonds is 2. The third kappa shape index (κ3) is 2.19. The maximum atomic E-state index is 9.23. The SMILES string of the molecule is Cc1ccc(Nc2cccc3cccnc23)c(C#N)c1. The first-order valence-electron chi connectivity index (χ1n) is 6.39. The van der Waals surface area contributed by atoms with Crippen LogP contribution in [-0.4, -0.2) is 4.98 Å². The minimum atomic E-state index is 0.637. The van der Waals surface area contributed by atoms with Gasteiger partial charge in [0.15, 0.2) is 0 Å². The van der Waals surface area contributed by atoms with Crippen LogP contribution < -0.4 is 5.32 Å². The molecule has 0 saturated heterocycles. The van der Waals surface area contributed by atoms with Gasteiger partial charge in [0.1, 0.15) is 6.07 Å². The van der Waals surface area contributed by atoms with Crippen molar-refractivity contribution in [2.24, 2.45) is 0 Å². The first kappa shape index (κ1) is 12.2. The van der Waals surface area contributed by atoms with Crippen LogP contribution in [0.1, 0.15) is 11.1 Å². The van der Waals surface area contributed by atoms with Crippen LogP contribution in [-0.2, 0) is 0 Å². The first-order valence-corrected chi connectivity index (χ1v) is 6.39. The van der Waals surface area contributed by atoms with Crippen molar-refractivity contribution in [1.82, 2.24) is 4.98 Å². The van der Waals surface area contributed by atoms with Crippen LogP contribution in [0.3, 0.4) is 0 Å². The Morgan fingerprint density at radius 1 is 1.05 bits per heavy atom. The summed E-state index contributed by atoms with van der Waals surface area (Å²) >= 11 is 0. The summed E-state index contributed by atoms with van der Waals surface area (Å²) in [6, 6.07) is 17.9. The molecule has 3 aromatic rings. The molecular weight excluding hydrogens is 246 g/mol. The van der Waals surface area contributed by atoms with Crippen molar-refractivity contribution < 1.29 is 0 Å². The lowest BCUT2D eigenvalue weighted by atomic mass is 10.1. The van der Waals surface area contributed by atoms with Crippen LogP contribution >= 0.6 is 0 Å². The van der Waals surface area contributed by atoms with Crippen LogP contribution in [0.2, 0.25) is 0 Å². The molecular formula is C17H13N3. The molecule has 0 aliphatic carbocycles. The summed E-state index contributed by atoms with van der Waals surface area (Å²) in [5.41, 5.74) is 4.32. The van der Waals surface area contributed by atoms with Gasteiger partial charge in [-0.15, -0.1) is 0 Å². The normalized spacial score (nSPS) is 10.2. The van der Waals surface area contributed by atoms with Gasteiger partial charge in [0.2, 0.25) is 0 Å². The number of hydrogen-bond acceptors (Lipinski definition) is 3. The molecule has 0 spiro atoms. The average molecular weight is 259 g/mol. The lowest BCUT2D eigenvalue weighted by Crippen LogP contribution is -1.96. The third-order valence-electron chi connectivity index (χ3n) is 3.20. The molecule has 0 atom stereocenters. The highest BCUT2D eigenvalue weighted by Crippen LogP contribution is 2.26. The van der Waals surface area contributed by atoms with Crippen molar-refractivity contribution in [3.8, 4) is 6.07 Å². The fraction of sp³-hybridized carbons (Fsp3) is 0.0588. The number of hydrogen-bond donors (Lipinski definition) is 1. The van der Waals surface area contributed by atoms with E-state index in [4.69, 9.17) is 0 Å². The molecule has 3 nitrogen and oxygen atoms in total. The molecule has 0 aliphatic heterocycles. The molecule has 0 unspecified atom stereocenters. The van der Waals surface area contributed by atoms with Gasteiger partial charge in [-0.3, -0.25) is 4.98 Å². The summed E-state index contributed by atoms with van der Waals surface area (Å²) in [4.78, 5) is 4.40. The zero-order valence-corrected chi connectivity index (χ0v) is 11.1. The maximum absolute atomic E-state index is 9.23. The van der Waals surface area contributed by atoms with E-state index < -0.39 is 0 Å². The van der Waals surface area contributed by atoms with Crippen molar-refractivity contribution in [3.63, 3.8) is 0 Å². The molecule has 1 N–H and O–H groups in total. The molecule has 20 heavy (non-hydrogen) atoms. The van der Waals surface area contributed by atoms with Gasteiger partial charge in [-0.05, 0) is 36.8 Å². The first-order chi connectivity index (χ1) is 9.78. The van der Waals surface area contributed by atoms with Crippen LogP contribution in [0.25, 0.3) is 10.9 Å². The molecule has 3 heteroatoms. The lowest BCUT2D eigenvalue weighted by Gasteiger charge is -2.10. The van der Waals surface area contributed by atoms with Gasteiger partial charge in [0.05, 0.1) is 22.5 Å². The van der Waals surface area contributed by atoms with Crippen molar-refractivity contribution in [2.45, 2.75) is 6.92 Å². The Hall–Kier alpha value is -2.86. The number of nitriles is 1. The van der Waals surface area contributed by atoms with Crippen LogP contribution in [0.15, 0.2) is 54.7 Å². The highest BCUT2D eigenvalue weighted by Gasteiger charge is 2.06. The number of aromatic nitrogens is 1. The van der Waals surface area contributed by atoms with E-state index in [-0.39, 0.29) is 0 Å². The minimum absolute atomic E-state index is 0.637. The zero-order valence-electron chi connectivity index (χ0n) is 11.1. The molecule has 96 valence electrons. The van der Waals surface area contributed by atoms with Gasteiger partial charge in [0.25, 0.3) is 0 Å².